The fraction of sp³-hybridized carbons (Fsp3) is 0.286. The van der Waals surface area contributed by atoms with Crippen molar-refractivity contribution >= 4 is 23.3 Å². The number of nitrogens with one attached hydrogen (secondary N) is 1. The Morgan fingerprint density at radius 1 is 0.971 bits per heavy atom. The number of urea groups is 1. The number of anilines is 2. The number of aromatic hydroxyl groups is 1. The summed E-state index contributed by atoms with van der Waals surface area (Å²) < 4.78 is 13.5. The number of β-lactam (4-membered cyclic amide) rings is 1. The van der Waals surface area contributed by atoms with Gasteiger partial charge in [0.2, 0.25) is 5.91 Å². The minimum Gasteiger partial charge on any atom is -0.508 e. The predicted octanol–water partition coefficient (Wildman–Crippen LogP) is 5.55. The summed E-state index contributed by atoms with van der Waals surface area (Å²) in [4.78, 5) is 30.1. The molecule has 2 aliphatic heterocycles. The van der Waals surface area contributed by atoms with Crippen molar-refractivity contribution in [2.75, 3.05) is 23.3 Å². The van der Waals surface area contributed by atoms with Gasteiger partial charge in [0, 0.05) is 24.5 Å². The molecule has 1 atom stereocenters. The van der Waals surface area contributed by atoms with Gasteiger partial charge in [0.15, 0.2) is 0 Å². The topological polar surface area (TPSA) is 72.9 Å². The highest BCUT2D eigenvalue weighted by Crippen LogP contribution is 2.57. The molecule has 3 aromatic rings. The van der Waals surface area contributed by atoms with Crippen LogP contribution in [0.3, 0.4) is 0 Å². The van der Waals surface area contributed by atoms with Crippen LogP contribution in [0.4, 0.5) is 20.6 Å². The van der Waals surface area contributed by atoms with Gasteiger partial charge in [0.1, 0.15) is 11.6 Å². The number of phenolic OH excluding ortho intramolecular Hbond substituents is 1. The molecule has 2 heterocycles. The van der Waals surface area contributed by atoms with Gasteiger partial charge in [-0.2, -0.15) is 0 Å². The maximum absolute atomic E-state index is 13.6. The lowest BCUT2D eigenvalue weighted by Crippen LogP contribution is -2.67. The third-order valence-electron chi connectivity index (χ3n) is 7.40. The van der Waals surface area contributed by atoms with Gasteiger partial charge in [0.05, 0.1) is 11.5 Å². The molecular formula is C28H28FN3O3. The Kier molecular flexibility index (Phi) is 5.71. The first-order valence-corrected chi connectivity index (χ1v) is 11.8. The first kappa shape index (κ1) is 22.9. The first-order valence-electron chi connectivity index (χ1n) is 11.8. The van der Waals surface area contributed by atoms with E-state index in [-0.39, 0.29) is 29.5 Å². The van der Waals surface area contributed by atoms with Crippen LogP contribution in [-0.2, 0) is 4.79 Å². The van der Waals surface area contributed by atoms with Gasteiger partial charge in [-0.1, -0.05) is 30.3 Å². The number of nitrogens with zero attached hydrogens (tertiary/aromatic N) is 2. The molecule has 0 aromatic heterocycles. The molecule has 2 aliphatic rings. The summed E-state index contributed by atoms with van der Waals surface area (Å²) in [6, 6.07) is 18.3. The number of hydrogen-bond acceptors (Lipinski definition) is 3. The molecule has 2 saturated heterocycles. The minimum absolute atomic E-state index is 0.0167. The molecule has 0 aliphatic carbocycles. The van der Waals surface area contributed by atoms with E-state index < -0.39 is 5.41 Å². The van der Waals surface area contributed by atoms with Crippen LogP contribution >= 0.6 is 0 Å². The summed E-state index contributed by atoms with van der Waals surface area (Å²) in [6.07, 6.45) is 1.05. The second kappa shape index (κ2) is 8.73. The fourth-order valence-electron chi connectivity index (χ4n) is 5.44. The van der Waals surface area contributed by atoms with E-state index in [2.05, 4.69) is 5.32 Å². The van der Waals surface area contributed by atoms with Crippen LogP contribution in [0, 0.1) is 25.1 Å². The van der Waals surface area contributed by atoms with Crippen LogP contribution in [0.25, 0.3) is 0 Å². The zero-order valence-corrected chi connectivity index (χ0v) is 19.8. The molecule has 0 bridgehead atoms. The van der Waals surface area contributed by atoms with Crippen molar-refractivity contribution < 1.29 is 19.1 Å². The van der Waals surface area contributed by atoms with E-state index in [0.717, 1.165) is 22.4 Å². The number of benzene rings is 3. The molecule has 1 unspecified atom stereocenters. The van der Waals surface area contributed by atoms with Gasteiger partial charge in [-0.05, 0) is 79.8 Å². The normalized spacial score (nSPS) is 18.9. The van der Waals surface area contributed by atoms with E-state index in [4.69, 9.17) is 0 Å². The number of aryl methyl sites for hydroxylation is 2. The summed E-state index contributed by atoms with van der Waals surface area (Å²) in [7, 11) is 0. The smallest absolute Gasteiger partial charge is 0.321 e. The van der Waals surface area contributed by atoms with Gasteiger partial charge in [-0.3, -0.25) is 4.79 Å². The number of carbonyl (C=O) groups excluding carboxylic acids is 2. The Labute approximate surface area is 204 Å². The number of phenols is 1. The van der Waals surface area contributed by atoms with E-state index in [9.17, 15) is 19.1 Å². The zero-order valence-electron chi connectivity index (χ0n) is 19.8. The van der Waals surface area contributed by atoms with Crippen LogP contribution in [0.2, 0.25) is 0 Å². The van der Waals surface area contributed by atoms with Gasteiger partial charge in [-0.25, -0.2) is 9.18 Å². The van der Waals surface area contributed by atoms with Crippen molar-refractivity contribution in [2.45, 2.75) is 32.7 Å². The van der Waals surface area contributed by atoms with Crippen molar-refractivity contribution in [1.29, 1.82) is 0 Å². The van der Waals surface area contributed by atoms with Crippen molar-refractivity contribution in [3.05, 3.63) is 89.2 Å². The molecule has 2 fully saturated rings. The lowest BCUT2D eigenvalue weighted by molar-refractivity contribution is -0.144. The number of hydrogen-bond donors (Lipinski definition) is 2. The number of para-hydroxylation sites is 1. The van der Waals surface area contributed by atoms with Crippen LogP contribution in [0.15, 0.2) is 66.7 Å². The van der Waals surface area contributed by atoms with Crippen molar-refractivity contribution in [1.82, 2.24) is 4.90 Å². The SMILES string of the molecule is Cc1cccc(C)c1NC(=O)N1CCC2(CC1)C(=O)N(c1ccc(F)cc1)C2c1ccc(O)cc1. The summed E-state index contributed by atoms with van der Waals surface area (Å²) in [5.41, 5.74) is 3.71. The molecular weight excluding hydrogens is 445 g/mol. The lowest BCUT2D eigenvalue weighted by atomic mass is 9.62. The Hall–Kier alpha value is -3.87. The minimum atomic E-state index is -0.652. The highest BCUT2D eigenvalue weighted by atomic mass is 19.1. The zero-order chi connectivity index (χ0) is 24.7. The molecule has 6 nitrogen and oxygen atoms in total. The number of likely N-dealkylation sites (tertiary alicyclic amines) is 1. The summed E-state index contributed by atoms with van der Waals surface area (Å²) in [6.45, 7) is 4.84. The highest BCUT2D eigenvalue weighted by molar-refractivity contribution is 6.06. The molecule has 0 radical (unpaired) electrons. The maximum Gasteiger partial charge on any atom is 0.321 e. The molecule has 3 aromatic carbocycles. The van der Waals surface area contributed by atoms with Crippen LogP contribution in [-0.4, -0.2) is 35.0 Å². The van der Waals surface area contributed by atoms with Crippen LogP contribution in [0.1, 0.15) is 35.6 Å². The molecule has 180 valence electrons. The Morgan fingerprint density at radius 3 is 2.17 bits per heavy atom. The molecule has 0 saturated carbocycles. The second-order valence-electron chi connectivity index (χ2n) is 9.49. The number of carbonyl (C=O) groups is 2. The monoisotopic (exact) mass is 473 g/mol. The molecule has 2 N–H and O–H groups in total. The van der Waals surface area contributed by atoms with Gasteiger partial charge in [-0.15, -0.1) is 0 Å². The average Bonchev–Trinajstić information content (AvgIpc) is 2.86. The third-order valence-corrected chi connectivity index (χ3v) is 7.40. The number of halogens is 1. The molecule has 5 rings (SSSR count). The summed E-state index contributed by atoms with van der Waals surface area (Å²) >= 11 is 0. The van der Waals surface area contributed by atoms with E-state index >= 15 is 0 Å². The molecule has 3 amide bonds. The number of rotatable bonds is 3. The quantitative estimate of drug-likeness (QED) is 0.490. The highest BCUT2D eigenvalue weighted by Gasteiger charge is 2.62. The Bertz CT molecular complexity index is 1250. The van der Waals surface area contributed by atoms with Gasteiger partial charge < -0.3 is 20.2 Å². The van der Waals surface area contributed by atoms with E-state index in [1.807, 2.05) is 44.2 Å². The van der Waals surface area contributed by atoms with Crippen molar-refractivity contribution in [3.8, 4) is 5.75 Å². The first-order chi connectivity index (χ1) is 16.8. The number of piperidine rings is 1. The largest absolute Gasteiger partial charge is 0.508 e. The molecule has 7 heteroatoms. The van der Waals surface area contributed by atoms with E-state index in [1.165, 1.54) is 12.1 Å². The Morgan fingerprint density at radius 2 is 1.57 bits per heavy atom. The predicted molar refractivity (Wildman–Crippen MR) is 133 cm³/mol. The average molecular weight is 474 g/mol. The number of amides is 3. The second-order valence-corrected chi connectivity index (χ2v) is 9.49. The molecule has 1 spiro atoms. The van der Waals surface area contributed by atoms with E-state index in [1.54, 1.807) is 34.1 Å². The third kappa shape index (κ3) is 3.91. The van der Waals surface area contributed by atoms with Crippen molar-refractivity contribution in [2.24, 2.45) is 5.41 Å². The van der Waals surface area contributed by atoms with Crippen molar-refractivity contribution in [3.63, 3.8) is 0 Å². The van der Waals surface area contributed by atoms with Crippen LogP contribution in [0.5, 0.6) is 5.75 Å². The van der Waals surface area contributed by atoms with Gasteiger partial charge >= 0.3 is 6.03 Å². The standard InChI is InChI=1S/C28H28FN3O3/c1-18-4-3-5-19(2)24(18)30-27(35)31-16-14-28(15-17-31)25(20-6-12-23(33)13-7-20)32(26(28)34)22-10-8-21(29)9-11-22/h3-13,25,33H,14-17H2,1-2H3,(H,30,35). The van der Waals surface area contributed by atoms with Crippen LogP contribution < -0.4 is 10.2 Å². The summed E-state index contributed by atoms with van der Waals surface area (Å²) in [5, 5.41) is 12.8. The molecule has 35 heavy (non-hydrogen) atoms. The Balaban J connectivity index is 1.38. The van der Waals surface area contributed by atoms with E-state index in [0.29, 0.717) is 31.6 Å². The fourth-order valence-corrected chi connectivity index (χ4v) is 5.44. The lowest BCUT2D eigenvalue weighted by Gasteiger charge is -2.59. The maximum atomic E-state index is 13.6. The van der Waals surface area contributed by atoms with Gasteiger partial charge in [0.25, 0.3) is 0 Å². The summed E-state index contributed by atoms with van der Waals surface area (Å²) in [5.74, 6) is -0.224.